The van der Waals surface area contributed by atoms with E-state index in [4.69, 9.17) is 11.6 Å². The molecule has 6 nitrogen and oxygen atoms in total. The molecule has 0 aromatic heterocycles. The van der Waals surface area contributed by atoms with Crippen molar-refractivity contribution in [3.8, 4) is 0 Å². The van der Waals surface area contributed by atoms with Crippen molar-refractivity contribution in [3.63, 3.8) is 0 Å². The Morgan fingerprint density at radius 1 is 1.10 bits per heavy atom. The molecular formula is C22H28ClN3O3S. The summed E-state index contributed by atoms with van der Waals surface area (Å²) >= 11 is 6.09. The van der Waals surface area contributed by atoms with Gasteiger partial charge in [-0.15, -0.1) is 0 Å². The monoisotopic (exact) mass is 449 g/mol. The van der Waals surface area contributed by atoms with Crippen LogP contribution in [0, 0.1) is 13.8 Å². The maximum atomic E-state index is 13.4. The van der Waals surface area contributed by atoms with Gasteiger partial charge in [0.05, 0.1) is 4.90 Å². The molecule has 0 atom stereocenters. The van der Waals surface area contributed by atoms with Crippen molar-refractivity contribution >= 4 is 27.5 Å². The summed E-state index contributed by atoms with van der Waals surface area (Å²) in [5, 5.41) is 3.76. The lowest BCUT2D eigenvalue weighted by Gasteiger charge is -2.29. The number of piperazine rings is 1. The van der Waals surface area contributed by atoms with Crippen LogP contribution < -0.4 is 5.32 Å². The molecule has 8 heteroatoms. The van der Waals surface area contributed by atoms with Gasteiger partial charge in [-0.3, -0.25) is 4.79 Å². The third-order valence-corrected chi connectivity index (χ3v) is 7.49. The SMILES string of the molecule is Cc1ccc(S(=O)(=O)N(CCC(=O)N2CCNCC2)Cc2cccc(Cl)c2)cc1C. The summed E-state index contributed by atoms with van der Waals surface area (Å²) in [6, 6.07) is 12.3. The zero-order valence-corrected chi connectivity index (χ0v) is 19.0. The van der Waals surface area contributed by atoms with Crippen LogP contribution in [-0.2, 0) is 21.4 Å². The van der Waals surface area contributed by atoms with Gasteiger partial charge < -0.3 is 10.2 Å². The molecule has 2 aromatic rings. The van der Waals surface area contributed by atoms with E-state index < -0.39 is 10.0 Å². The Kier molecular flexibility index (Phi) is 7.52. The topological polar surface area (TPSA) is 69.7 Å². The first-order chi connectivity index (χ1) is 14.3. The van der Waals surface area contributed by atoms with Gasteiger partial charge in [-0.05, 0) is 54.8 Å². The summed E-state index contributed by atoms with van der Waals surface area (Å²) < 4.78 is 28.2. The number of carbonyl (C=O) groups excluding carboxylic acids is 1. The molecule has 3 rings (SSSR count). The minimum Gasteiger partial charge on any atom is -0.340 e. The molecule has 30 heavy (non-hydrogen) atoms. The lowest BCUT2D eigenvalue weighted by atomic mass is 10.1. The average Bonchev–Trinajstić information content (AvgIpc) is 2.73. The van der Waals surface area contributed by atoms with Gasteiger partial charge in [-0.1, -0.05) is 29.8 Å². The van der Waals surface area contributed by atoms with Gasteiger partial charge in [0.15, 0.2) is 0 Å². The Morgan fingerprint density at radius 3 is 2.50 bits per heavy atom. The molecule has 0 bridgehead atoms. The molecule has 0 radical (unpaired) electrons. The maximum Gasteiger partial charge on any atom is 0.243 e. The van der Waals surface area contributed by atoms with Crippen molar-refractivity contribution in [1.29, 1.82) is 0 Å². The fourth-order valence-corrected chi connectivity index (χ4v) is 5.17. The summed E-state index contributed by atoms with van der Waals surface area (Å²) in [5.74, 6) is -0.0251. The van der Waals surface area contributed by atoms with Crippen molar-refractivity contribution < 1.29 is 13.2 Å². The standard InChI is InChI=1S/C22H28ClN3O3S/c1-17-6-7-21(14-18(17)2)30(28,29)26(16-19-4-3-5-20(23)15-19)11-8-22(27)25-12-9-24-10-13-25/h3-7,14-15,24H,8-13,16H2,1-2H3. The van der Waals surface area contributed by atoms with Crippen molar-refractivity contribution in [1.82, 2.24) is 14.5 Å². The molecule has 1 aliphatic heterocycles. The molecule has 1 fully saturated rings. The van der Waals surface area contributed by atoms with Crippen LogP contribution in [0.3, 0.4) is 0 Å². The number of rotatable bonds is 7. The lowest BCUT2D eigenvalue weighted by Crippen LogP contribution is -2.47. The number of hydrogen-bond acceptors (Lipinski definition) is 4. The maximum absolute atomic E-state index is 13.4. The van der Waals surface area contributed by atoms with Crippen LogP contribution in [0.25, 0.3) is 0 Å². The number of sulfonamides is 1. The molecular weight excluding hydrogens is 422 g/mol. The second-order valence-corrected chi connectivity index (χ2v) is 9.97. The van der Waals surface area contributed by atoms with E-state index in [2.05, 4.69) is 5.32 Å². The first-order valence-corrected chi connectivity index (χ1v) is 11.9. The Bertz CT molecular complexity index is 1000. The zero-order valence-electron chi connectivity index (χ0n) is 17.4. The molecule has 1 saturated heterocycles. The largest absolute Gasteiger partial charge is 0.340 e. The van der Waals surface area contributed by atoms with Crippen LogP contribution in [-0.4, -0.2) is 56.3 Å². The number of benzene rings is 2. The van der Waals surface area contributed by atoms with Crippen LogP contribution in [0.1, 0.15) is 23.1 Å². The summed E-state index contributed by atoms with van der Waals surface area (Å²) in [4.78, 5) is 14.7. The smallest absolute Gasteiger partial charge is 0.243 e. The molecule has 1 N–H and O–H groups in total. The first-order valence-electron chi connectivity index (χ1n) is 10.1. The van der Waals surface area contributed by atoms with Crippen molar-refractivity contribution in [3.05, 3.63) is 64.2 Å². The van der Waals surface area contributed by atoms with Gasteiger partial charge >= 0.3 is 0 Å². The fourth-order valence-electron chi connectivity index (χ4n) is 3.44. The van der Waals surface area contributed by atoms with Gasteiger partial charge in [0.2, 0.25) is 15.9 Å². The van der Waals surface area contributed by atoms with Crippen LogP contribution >= 0.6 is 11.6 Å². The average molecular weight is 450 g/mol. The molecule has 0 aliphatic carbocycles. The number of aryl methyl sites for hydroxylation is 2. The van der Waals surface area contributed by atoms with Crippen molar-refractivity contribution in [2.45, 2.75) is 31.7 Å². The molecule has 0 saturated carbocycles. The minimum absolute atomic E-state index is 0.0251. The van der Waals surface area contributed by atoms with E-state index in [1.54, 1.807) is 35.2 Å². The van der Waals surface area contributed by atoms with Gasteiger partial charge in [-0.25, -0.2) is 8.42 Å². The van der Waals surface area contributed by atoms with E-state index in [1.807, 2.05) is 26.0 Å². The Balaban J connectivity index is 1.84. The van der Waals surface area contributed by atoms with Gasteiger partial charge in [0.25, 0.3) is 0 Å². The fraction of sp³-hybridized carbons (Fsp3) is 0.409. The molecule has 0 spiro atoms. The Labute approximate surface area is 183 Å². The zero-order chi connectivity index (χ0) is 21.7. The van der Waals surface area contributed by atoms with Crippen molar-refractivity contribution in [2.24, 2.45) is 0 Å². The Morgan fingerprint density at radius 2 is 1.83 bits per heavy atom. The van der Waals surface area contributed by atoms with E-state index in [1.165, 1.54) is 4.31 Å². The highest BCUT2D eigenvalue weighted by molar-refractivity contribution is 7.89. The quantitative estimate of drug-likeness (QED) is 0.705. The van der Waals surface area contributed by atoms with Crippen LogP contribution in [0.15, 0.2) is 47.4 Å². The minimum atomic E-state index is -3.77. The van der Waals surface area contributed by atoms with E-state index in [0.29, 0.717) is 18.1 Å². The molecule has 1 aliphatic rings. The second-order valence-electron chi connectivity index (χ2n) is 7.60. The van der Waals surface area contributed by atoms with Gasteiger partial charge in [0.1, 0.15) is 0 Å². The predicted molar refractivity (Wildman–Crippen MR) is 119 cm³/mol. The third kappa shape index (κ3) is 5.60. The lowest BCUT2D eigenvalue weighted by molar-refractivity contribution is -0.131. The third-order valence-electron chi connectivity index (χ3n) is 5.41. The summed E-state index contributed by atoms with van der Waals surface area (Å²) in [7, 11) is -3.77. The molecule has 2 aromatic carbocycles. The molecule has 1 heterocycles. The second kappa shape index (κ2) is 9.92. The van der Waals surface area contributed by atoms with Crippen LogP contribution in [0.5, 0.6) is 0 Å². The van der Waals surface area contributed by atoms with E-state index in [0.717, 1.165) is 29.8 Å². The number of halogens is 1. The highest BCUT2D eigenvalue weighted by Gasteiger charge is 2.27. The van der Waals surface area contributed by atoms with Crippen LogP contribution in [0.4, 0.5) is 0 Å². The summed E-state index contributed by atoms with van der Waals surface area (Å²) in [6.45, 7) is 6.94. The summed E-state index contributed by atoms with van der Waals surface area (Å²) in [6.07, 6.45) is 0.143. The summed E-state index contributed by atoms with van der Waals surface area (Å²) in [5.41, 5.74) is 2.73. The highest BCUT2D eigenvalue weighted by atomic mass is 35.5. The van der Waals surface area contributed by atoms with Gasteiger partial charge in [-0.2, -0.15) is 4.31 Å². The van der Waals surface area contributed by atoms with Crippen LogP contribution in [0.2, 0.25) is 5.02 Å². The number of hydrogen-bond donors (Lipinski definition) is 1. The van der Waals surface area contributed by atoms with E-state index in [-0.39, 0.29) is 30.3 Å². The number of amides is 1. The first kappa shape index (κ1) is 22.7. The van der Waals surface area contributed by atoms with Crippen molar-refractivity contribution in [2.75, 3.05) is 32.7 Å². The van der Waals surface area contributed by atoms with E-state index in [9.17, 15) is 13.2 Å². The van der Waals surface area contributed by atoms with Gasteiger partial charge in [0, 0.05) is 50.7 Å². The highest BCUT2D eigenvalue weighted by Crippen LogP contribution is 2.22. The normalized spacial score (nSPS) is 14.9. The molecule has 162 valence electrons. The molecule has 1 amide bonds. The number of nitrogens with zero attached hydrogens (tertiary/aromatic N) is 2. The number of nitrogens with one attached hydrogen (secondary N) is 1. The Hall–Kier alpha value is -1.93. The predicted octanol–water partition coefficient (Wildman–Crippen LogP) is 2.97. The molecule has 0 unspecified atom stereocenters. The van der Waals surface area contributed by atoms with E-state index >= 15 is 0 Å². The number of carbonyl (C=O) groups is 1.